The van der Waals surface area contributed by atoms with Gasteiger partial charge in [-0.2, -0.15) is 5.10 Å². The van der Waals surface area contributed by atoms with Crippen molar-refractivity contribution in [2.75, 3.05) is 0 Å². The molecule has 0 radical (unpaired) electrons. The molecule has 6 heteroatoms. The SMILES string of the molecule is Cc1ccc2c(Cl)c(C(=O)N/N=C/c3ccc(Br)cc3)sc2c1. The van der Waals surface area contributed by atoms with Crippen LogP contribution in [0.4, 0.5) is 0 Å². The monoisotopic (exact) mass is 406 g/mol. The zero-order valence-electron chi connectivity index (χ0n) is 12.1. The highest BCUT2D eigenvalue weighted by molar-refractivity contribution is 9.10. The van der Waals surface area contributed by atoms with Gasteiger partial charge in [0.15, 0.2) is 0 Å². The van der Waals surface area contributed by atoms with Gasteiger partial charge in [-0.1, -0.05) is 51.8 Å². The number of hydrogen-bond acceptors (Lipinski definition) is 3. The van der Waals surface area contributed by atoms with E-state index in [-0.39, 0.29) is 5.91 Å². The van der Waals surface area contributed by atoms with Crippen molar-refractivity contribution < 1.29 is 4.79 Å². The molecule has 0 saturated carbocycles. The van der Waals surface area contributed by atoms with Gasteiger partial charge in [-0.05, 0) is 36.2 Å². The third-order valence-electron chi connectivity index (χ3n) is 3.24. The summed E-state index contributed by atoms with van der Waals surface area (Å²) in [5, 5.41) is 5.35. The summed E-state index contributed by atoms with van der Waals surface area (Å²) in [6.07, 6.45) is 1.59. The smallest absolute Gasteiger partial charge is 0.266 e. The number of aryl methyl sites for hydroxylation is 1. The van der Waals surface area contributed by atoms with Crippen molar-refractivity contribution in [1.82, 2.24) is 5.43 Å². The van der Waals surface area contributed by atoms with Crippen LogP contribution in [0.5, 0.6) is 0 Å². The number of carbonyl (C=O) groups is 1. The molecule has 0 bridgehead atoms. The maximum atomic E-state index is 12.3. The van der Waals surface area contributed by atoms with Gasteiger partial charge >= 0.3 is 0 Å². The van der Waals surface area contributed by atoms with E-state index >= 15 is 0 Å². The van der Waals surface area contributed by atoms with Crippen molar-refractivity contribution in [2.24, 2.45) is 5.10 Å². The van der Waals surface area contributed by atoms with E-state index in [2.05, 4.69) is 26.5 Å². The molecule has 0 aliphatic rings. The Morgan fingerprint density at radius 1 is 1.26 bits per heavy atom. The van der Waals surface area contributed by atoms with Crippen molar-refractivity contribution in [3.63, 3.8) is 0 Å². The van der Waals surface area contributed by atoms with E-state index in [0.717, 1.165) is 25.7 Å². The van der Waals surface area contributed by atoms with Gasteiger partial charge in [0.05, 0.1) is 11.2 Å². The van der Waals surface area contributed by atoms with Crippen LogP contribution in [0.15, 0.2) is 52.0 Å². The first kappa shape index (κ1) is 16.2. The summed E-state index contributed by atoms with van der Waals surface area (Å²) >= 11 is 11.1. The van der Waals surface area contributed by atoms with Crippen LogP contribution in [-0.2, 0) is 0 Å². The second-order valence-corrected chi connectivity index (χ2v) is 7.34. The van der Waals surface area contributed by atoms with Crippen molar-refractivity contribution in [1.29, 1.82) is 0 Å². The molecule has 0 aliphatic heterocycles. The predicted octanol–water partition coefficient (Wildman–Crippen LogP) is 5.39. The molecule has 2 aromatic carbocycles. The molecule has 0 fully saturated rings. The Labute approximate surface area is 151 Å². The molecule has 0 spiro atoms. The fourth-order valence-corrected chi connectivity index (χ4v) is 3.85. The Hall–Kier alpha value is -1.69. The van der Waals surface area contributed by atoms with Crippen molar-refractivity contribution in [3.8, 4) is 0 Å². The number of carbonyl (C=O) groups excluding carboxylic acids is 1. The van der Waals surface area contributed by atoms with Crippen LogP contribution in [-0.4, -0.2) is 12.1 Å². The average Bonchev–Trinajstić information content (AvgIpc) is 2.85. The first-order chi connectivity index (χ1) is 11.0. The lowest BCUT2D eigenvalue weighted by Gasteiger charge is -1.97. The van der Waals surface area contributed by atoms with Gasteiger partial charge in [-0.3, -0.25) is 4.79 Å². The molecule has 0 unspecified atom stereocenters. The molecule has 1 amide bonds. The van der Waals surface area contributed by atoms with E-state index in [0.29, 0.717) is 9.90 Å². The number of benzene rings is 2. The quantitative estimate of drug-likeness (QED) is 0.459. The minimum atomic E-state index is -0.304. The first-order valence-corrected chi connectivity index (χ1v) is 8.81. The number of rotatable bonds is 3. The van der Waals surface area contributed by atoms with Crippen molar-refractivity contribution >= 4 is 61.1 Å². The first-order valence-electron chi connectivity index (χ1n) is 6.82. The Bertz CT molecular complexity index is 903. The number of nitrogens with one attached hydrogen (secondary N) is 1. The fourth-order valence-electron chi connectivity index (χ4n) is 2.08. The summed E-state index contributed by atoms with van der Waals surface area (Å²) in [6.45, 7) is 2.01. The van der Waals surface area contributed by atoms with Gasteiger partial charge in [-0.15, -0.1) is 11.3 Å². The Morgan fingerprint density at radius 2 is 2.00 bits per heavy atom. The highest BCUT2D eigenvalue weighted by atomic mass is 79.9. The van der Waals surface area contributed by atoms with Crippen LogP contribution in [0.25, 0.3) is 10.1 Å². The van der Waals surface area contributed by atoms with Crippen LogP contribution >= 0.6 is 38.9 Å². The predicted molar refractivity (Wildman–Crippen MR) is 101 cm³/mol. The molecular formula is C17H12BrClN2OS. The standard InChI is InChI=1S/C17H12BrClN2OS/c1-10-2-7-13-14(8-10)23-16(15(13)19)17(22)21-20-9-11-3-5-12(18)6-4-11/h2-9H,1H3,(H,21,22)/b20-9+. The fraction of sp³-hybridized carbons (Fsp3) is 0.0588. The lowest BCUT2D eigenvalue weighted by atomic mass is 10.2. The average molecular weight is 408 g/mol. The lowest BCUT2D eigenvalue weighted by molar-refractivity contribution is 0.0959. The van der Waals surface area contributed by atoms with Crippen LogP contribution in [0, 0.1) is 6.92 Å². The number of fused-ring (bicyclic) bond motifs is 1. The van der Waals surface area contributed by atoms with Crippen LogP contribution in [0.2, 0.25) is 5.02 Å². The minimum Gasteiger partial charge on any atom is -0.266 e. The summed E-state index contributed by atoms with van der Waals surface area (Å²) in [6, 6.07) is 13.6. The van der Waals surface area contributed by atoms with E-state index in [1.165, 1.54) is 11.3 Å². The van der Waals surface area contributed by atoms with Gasteiger partial charge < -0.3 is 0 Å². The zero-order chi connectivity index (χ0) is 16.4. The van der Waals surface area contributed by atoms with Gasteiger partial charge in [0.25, 0.3) is 5.91 Å². The molecule has 0 aliphatic carbocycles. The molecule has 1 aromatic heterocycles. The van der Waals surface area contributed by atoms with Crippen LogP contribution in [0.1, 0.15) is 20.8 Å². The van der Waals surface area contributed by atoms with Crippen LogP contribution in [0.3, 0.4) is 0 Å². The summed E-state index contributed by atoms with van der Waals surface area (Å²) in [7, 11) is 0. The number of nitrogens with zero attached hydrogens (tertiary/aromatic N) is 1. The highest BCUT2D eigenvalue weighted by Gasteiger charge is 2.16. The molecular weight excluding hydrogens is 396 g/mol. The molecule has 0 saturated heterocycles. The van der Waals surface area contributed by atoms with E-state index in [9.17, 15) is 4.79 Å². The minimum absolute atomic E-state index is 0.304. The molecule has 3 nitrogen and oxygen atoms in total. The second kappa shape index (κ2) is 6.83. The zero-order valence-corrected chi connectivity index (χ0v) is 15.3. The van der Waals surface area contributed by atoms with Gasteiger partial charge in [0, 0.05) is 14.6 Å². The number of thiophene rings is 1. The maximum absolute atomic E-state index is 12.3. The Balaban J connectivity index is 1.78. The largest absolute Gasteiger partial charge is 0.283 e. The van der Waals surface area contributed by atoms with Gasteiger partial charge in [0.1, 0.15) is 4.88 Å². The number of halogens is 2. The topological polar surface area (TPSA) is 41.5 Å². The molecule has 0 atom stereocenters. The maximum Gasteiger partial charge on any atom is 0.283 e. The lowest BCUT2D eigenvalue weighted by Crippen LogP contribution is -2.16. The molecule has 1 N–H and O–H groups in total. The molecule has 23 heavy (non-hydrogen) atoms. The van der Waals surface area contributed by atoms with Gasteiger partial charge in [-0.25, -0.2) is 5.43 Å². The third-order valence-corrected chi connectivity index (χ3v) is 5.43. The molecule has 3 rings (SSSR count). The summed E-state index contributed by atoms with van der Waals surface area (Å²) in [4.78, 5) is 12.7. The second-order valence-electron chi connectivity index (χ2n) is 5.00. The van der Waals surface area contributed by atoms with E-state index in [1.54, 1.807) is 6.21 Å². The van der Waals surface area contributed by atoms with E-state index in [1.807, 2.05) is 49.4 Å². The number of hydrazone groups is 1. The highest BCUT2D eigenvalue weighted by Crippen LogP contribution is 2.35. The van der Waals surface area contributed by atoms with Crippen molar-refractivity contribution in [2.45, 2.75) is 6.92 Å². The number of amides is 1. The van der Waals surface area contributed by atoms with E-state index in [4.69, 9.17) is 11.6 Å². The number of hydrogen-bond donors (Lipinski definition) is 1. The van der Waals surface area contributed by atoms with Gasteiger partial charge in [0.2, 0.25) is 0 Å². The summed E-state index contributed by atoms with van der Waals surface area (Å²) in [5.41, 5.74) is 4.55. The van der Waals surface area contributed by atoms with E-state index < -0.39 is 0 Å². The summed E-state index contributed by atoms with van der Waals surface area (Å²) in [5.74, 6) is -0.304. The van der Waals surface area contributed by atoms with Crippen molar-refractivity contribution in [3.05, 3.63) is 68.0 Å². The van der Waals surface area contributed by atoms with Crippen LogP contribution < -0.4 is 5.43 Å². The molecule has 3 aromatic rings. The Kier molecular flexibility index (Phi) is 4.80. The normalized spacial score (nSPS) is 11.3. The molecule has 116 valence electrons. The Morgan fingerprint density at radius 3 is 2.74 bits per heavy atom. The third kappa shape index (κ3) is 3.63. The summed E-state index contributed by atoms with van der Waals surface area (Å²) < 4.78 is 1.99. The molecule has 1 heterocycles.